The van der Waals surface area contributed by atoms with Gasteiger partial charge in [0.25, 0.3) is 0 Å². The van der Waals surface area contributed by atoms with Crippen LogP contribution in [-0.4, -0.2) is 18.7 Å². The van der Waals surface area contributed by atoms with Crippen molar-refractivity contribution in [1.29, 1.82) is 0 Å². The van der Waals surface area contributed by atoms with E-state index in [0.29, 0.717) is 16.3 Å². The number of esters is 1. The van der Waals surface area contributed by atoms with Crippen molar-refractivity contribution >= 4 is 17.6 Å². The number of ether oxygens (including phenoxy) is 2. The second kappa shape index (κ2) is 3.67. The first-order chi connectivity index (χ1) is 7.43. The molecule has 0 saturated heterocycles. The molecule has 1 aliphatic heterocycles. The lowest BCUT2D eigenvalue weighted by molar-refractivity contribution is 0.0590. The molecular weight excluding hydrogens is 228 g/mol. The minimum atomic E-state index is -0.420. The number of hydrogen-bond acceptors (Lipinski definition) is 3. The summed E-state index contributed by atoms with van der Waals surface area (Å²) in [5.74, 6) is 0.178. The second-order valence-electron chi connectivity index (χ2n) is 4.47. The van der Waals surface area contributed by atoms with E-state index in [1.165, 1.54) is 7.11 Å². The van der Waals surface area contributed by atoms with Crippen LogP contribution in [-0.2, 0) is 11.2 Å². The first-order valence-corrected chi connectivity index (χ1v) is 5.40. The van der Waals surface area contributed by atoms with Gasteiger partial charge in [0, 0.05) is 17.0 Å². The predicted octanol–water partition coefficient (Wildman–Crippen LogP) is 2.84. The van der Waals surface area contributed by atoms with Gasteiger partial charge in [-0.1, -0.05) is 11.6 Å². The van der Waals surface area contributed by atoms with Gasteiger partial charge in [-0.2, -0.15) is 0 Å². The van der Waals surface area contributed by atoms with Crippen LogP contribution in [0.25, 0.3) is 0 Å². The Labute approximate surface area is 99.3 Å². The number of rotatable bonds is 1. The first kappa shape index (κ1) is 11.3. The Morgan fingerprint density at radius 3 is 2.81 bits per heavy atom. The largest absolute Gasteiger partial charge is 0.486 e. The smallest absolute Gasteiger partial charge is 0.341 e. The molecule has 0 aromatic heterocycles. The van der Waals surface area contributed by atoms with Crippen molar-refractivity contribution in [3.8, 4) is 5.75 Å². The fraction of sp³-hybridized carbons (Fsp3) is 0.417. The number of hydrogen-bond donors (Lipinski definition) is 0. The van der Waals surface area contributed by atoms with E-state index in [-0.39, 0.29) is 5.60 Å². The van der Waals surface area contributed by atoms with Gasteiger partial charge in [-0.25, -0.2) is 4.79 Å². The van der Waals surface area contributed by atoms with E-state index in [1.807, 2.05) is 19.9 Å². The number of benzene rings is 1. The normalized spacial score (nSPS) is 16.5. The van der Waals surface area contributed by atoms with Gasteiger partial charge in [0.1, 0.15) is 16.9 Å². The van der Waals surface area contributed by atoms with Crippen molar-refractivity contribution in [3.05, 3.63) is 28.3 Å². The highest BCUT2D eigenvalue weighted by Gasteiger charge is 2.34. The van der Waals surface area contributed by atoms with Crippen LogP contribution < -0.4 is 4.74 Å². The Morgan fingerprint density at radius 2 is 2.19 bits per heavy atom. The number of fused-ring (bicyclic) bond motifs is 1. The monoisotopic (exact) mass is 240 g/mol. The van der Waals surface area contributed by atoms with E-state index in [1.54, 1.807) is 6.07 Å². The zero-order valence-electron chi connectivity index (χ0n) is 9.46. The molecule has 0 saturated carbocycles. The molecule has 2 rings (SSSR count). The lowest BCUT2D eigenvalue weighted by atomic mass is 10.0. The minimum absolute atomic E-state index is 0.296. The number of carbonyl (C=O) groups excluding carboxylic acids is 1. The molecule has 1 aromatic rings. The van der Waals surface area contributed by atoms with Gasteiger partial charge in [0.05, 0.1) is 7.11 Å². The zero-order chi connectivity index (χ0) is 11.9. The summed E-state index contributed by atoms with van der Waals surface area (Å²) >= 11 is 5.96. The zero-order valence-corrected chi connectivity index (χ0v) is 10.2. The number of halogens is 1. The van der Waals surface area contributed by atoms with Crippen LogP contribution in [0.3, 0.4) is 0 Å². The third-order valence-corrected chi connectivity index (χ3v) is 2.75. The third kappa shape index (κ3) is 1.87. The number of methoxy groups -OCH3 is 1. The topological polar surface area (TPSA) is 35.5 Å². The molecule has 0 atom stereocenters. The summed E-state index contributed by atoms with van der Waals surface area (Å²) in [6.07, 6.45) is 0.743. The standard InChI is InChI=1S/C12H13ClO3/c1-12(2)6-7-4-8(13)5-9(10(7)16-12)11(14)15-3/h4-5H,6H2,1-3H3. The number of carbonyl (C=O) groups is 1. The van der Waals surface area contributed by atoms with Gasteiger partial charge in [-0.3, -0.25) is 0 Å². The average molecular weight is 241 g/mol. The van der Waals surface area contributed by atoms with Crippen LogP contribution in [0.15, 0.2) is 12.1 Å². The molecule has 0 spiro atoms. The molecule has 1 aliphatic rings. The fourth-order valence-electron chi connectivity index (χ4n) is 1.93. The minimum Gasteiger partial charge on any atom is -0.486 e. The summed E-state index contributed by atoms with van der Waals surface area (Å²) in [5.41, 5.74) is 1.06. The first-order valence-electron chi connectivity index (χ1n) is 5.03. The Kier molecular flexibility index (Phi) is 2.58. The molecule has 0 amide bonds. The summed E-state index contributed by atoms with van der Waals surface area (Å²) in [6.45, 7) is 3.95. The average Bonchev–Trinajstić information content (AvgIpc) is 2.49. The van der Waals surface area contributed by atoms with E-state index in [0.717, 1.165) is 12.0 Å². The van der Waals surface area contributed by atoms with E-state index >= 15 is 0 Å². The predicted molar refractivity (Wildman–Crippen MR) is 61.2 cm³/mol. The Morgan fingerprint density at radius 1 is 1.50 bits per heavy atom. The van der Waals surface area contributed by atoms with Crippen molar-refractivity contribution in [2.24, 2.45) is 0 Å². The molecule has 86 valence electrons. The fourth-order valence-corrected chi connectivity index (χ4v) is 2.18. The molecule has 3 nitrogen and oxygen atoms in total. The molecule has 0 unspecified atom stereocenters. The van der Waals surface area contributed by atoms with E-state index in [4.69, 9.17) is 21.1 Å². The summed E-state index contributed by atoms with van der Waals surface area (Å²) < 4.78 is 10.5. The van der Waals surface area contributed by atoms with E-state index in [2.05, 4.69) is 0 Å². The molecule has 0 aliphatic carbocycles. The lowest BCUT2D eigenvalue weighted by Gasteiger charge is -2.17. The van der Waals surface area contributed by atoms with Crippen LogP contribution in [0.1, 0.15) is 29.8 Å². The van der Waals surface area contributed by atoms with Gasteiger partial charge in [-0.05, 0) is 26.0 Å². The van der Waals surface area contributed by atoms with Crippen molar-refractivity contribution in [1.82, 2.24) is 0 Å². The Balaban J connectivity index is 2.53. The molecule has 16 heavy (non-hydrogen) atoms. The van der Waals surface area contributed by atoms with Crippen LogP contribution in [0.4, 0.5) is 0 Å². The van der Waals surface area contributed by atoms with Crippen LogP contribution in [0.5, 0.6) is 5.75 Å². The Bertz CT molecular complexity index is 452. The van der Waals surface area contributed by atoms with Gasteiger partial charge in [-0.15, -0.1) is 0 Å². The molecule has 0 radical (unpaired) electrons. The maximum absolute atomic E-state index is 11.6. The summed E-state index contributed by atoms with van der Waals surface area (Å²) in [6, 6.07) is 3.41. The summed E-state index contributed by atoms with van der Waals surface area (Å²) in [7, 11) is 1.34. The highest BCUT2D eigenvalue weighted by molar-refractivity contribution is 6.31. The van der Waals surface area contributed by atoms with Crippen molar-refractivity contribution in [2.75, 3.05) is 7.11 Å². The van der Waals surface area contributed by atoms with Gasteiger partial charge < -0.3 is 9.47 Å². The molecule has 0 bridgehead atoms. The quantitative estimate of drug-likeness (QED) is 0.708. The van der Waals surface area contributed by atoms with Gasteiger partial charge in [0.2, 0.25) is 0 Å². The van der Waals surface area contributed by atoms with Crippen LogP contribution >= 0.6 is 11.6 Å². The van der Waals surface area contributed by atoms with Gasteiger partial charge >= 0.3 is 5.97 Å². The van der Waals surface area contributed by atoms with Crippen LogP contribution in [0.2, 0.25) is 5.02 Å². The molecule has 1 aromatic carbocycles. The molecule has 0 N–H and O–H groups in total. The summed E-state index contributed by atoms with van der Waals surface area (Å²) in [5, 5.41) is 0.528. The van der Waals surface area contributed by atoms with E-state index < -0.39 is 5.97 Å². The molecular formula is C12H13ClO3. The highest BCUT2D eigenvalue weighted by Crippen LogP contribution is 2.39. The second-order valence-corrected chi connectivity index (χ2v) is 4.91. The van der Waals surface area contributed by atoms with E-state index in [9.17, 15) is 4.79 Å². The lowest BCUT2D eigenvalue weighted by Crippen LogP contribution is -2.25. The third-order valence-electron chi connectivity index (χ3n) is 2.53. The van der Waals surface area contributed by atoms with Crippen molar-refractivity contribution in [3.63, 3.8) is 0 Å². The highest BCUT2D eigenvalue weighted by atomic mass is 35.5. The summed E-state index contributed by atoms with van der Waals surface area (Å²) in [4.78, 5) is 11.6. The van der Waals surface area contributed by atoms with Crippen LogP contribution in [0, 0.1) is 0 Å². The molecule has 4 heteroatoms. The van der Waals surface area contributed by atoms with Gasteiger partial charge in [0.15, 0.2) is 0 Å². The molecule has 0 fully saturated rings. The SMILES string of the molecule is COC(=O)c1cc(Cl)cc2c1OC(C)(C)C2. The Hall–Kier alpha value is -1.22. The molecule has 1 heterocycles. The van der Waals surface area contributed by atoms with Crippen molar-refractivity contribution in [2.45, 2.75) is 25.9 Å². The maximum atomic E-state index is 11.6. The maximum Gasteiger partial charge on any atom is 0.341 e. The van der Waals surface area contributed by atoms with Crippen molar-refractivity contribution < 1.29 is 14.3 Å².